The van der Waals surface area contributed by atoms with Gasteiger partial charge in [0.2, 0.25) is 15.9 Å². The molecule has 1 aromatic carbocycles. The van der Waals surface area contributed by atoms with Crippen molar-refractivity contribution < 1.29 is 27.8 Å². The van der Waals surface area contributed by atoms with Crippen LogP contribution in [0.5, 0.6) is 5.75 Å². The number of methoxy groups -OCH3 is 1. The number of benzene rings is 1. The lowest BCUT2D eigenvalue weighted by molar-refractivity contribution is -0.126. The number of hydrogen-bond acceptors (Lipinski definition) is 6. The van der Waals surface area contributed by atoms with Crippen LogP contribution >= 0.6 is 0 Å². The molecule has 0 spiro atoms. The summed E-state index contributed by atoms with van der Waals surface area (Å²) in [7, 11) is -2.38. The number of hydrogen-bond donors (Lipinski definition) is 3. The molecule has 1 aliphatic carbocycles. The van der Waals surface area contributed by atoms with E-state index in [0.29, 0.717) is 5.75 Å². The van der Waals surface area contributed by atoms with Crippen molar-refractivity contribution >= 4 is 15.9 Å². The number of sulfonamides is 1. The molecule has 28 heavy (non-hydrogen) atoms. The van der Waals surface area contributed by atoms with Gasteiger partial charge in [0.15, 0.2) is 0 Å². The SMILES string of the molecule is COc1cccc(S(=O)(=O)N[C@@H]2C=C[C@H](CC(=O)NC3CCC3)O[C@H]2CO)c1. The zero-order chi connectivity index (χ0) is 20.1. The second-order valence-corrected chi connectivity index (χ2v) is 8.72. The molecule has 0 aromatic heterocycles. The van der Waals surface area contributed by atoms with E-state index >= 15 is 0 Å². The minimum absolute atomic E-state index is 0.0546. The Hall–Kier alpha value is -1.94. The lowest BCUT2D eigenvalue weighted by Gasteiger charge is -2.32. The van der Waals surface area contributed by atoms with E-state index in [-0.39, 0.29) is 29.9 Å². The van der Waals surface area contributed by atoms with Gasteiger partial charge in [-0.15, -0.1) is 0 Å². The molecule has 9 heteroatoms. The van der Waals surface area contributed by atoms with Crippen LogP contribution in [0.4, 0.5) is 0 Å². The number of aliphatic hydroxyl groups is 1. The quantitative estimate of drug-likeness (QED) is 0.544. The average Bonchev–Trinajstić information content (AvgIpc) is 2.65. The number of rotatable bonds is 8. The molecule has 0 saturated heterocycles. The van der Waals surface area contributed by atoms with E-state index in [4.69, 9.17) is 9.47 Å². The maximum absolute atomic E-state index is 12.6. The third-order valence-electron chi connectivity index (χ3n) is 4.96. The van der Waals surface area contributed by atoms with E-state index in [1.54, 1.807) is 24.3 Å². The van der Waals surface area contributed by atoms with E-state index in [1.807, 2.05) is 0 Å². The molecule has 1 fully saturated rings. The summed E-state index contributed by atoms with van der Waals surface area (Å²) in [6.45, 7) is -0.379. The third-order valence-corrected chi connectivity index (χ3v) is 6.42. The largest absolute Gasteiger partial charge is 0.497 e. The average molecular weight is 410 g/mol. The van der Waals surface area contributed by atoms with Gasteiger partial charge in [0.25, 0.3) is 0 Å². The van der Waals surface area contributed by atoms with E-state index in [2.05, 4.69) is 10.0 Å². The van der Waals surface area contributed by atoms with Crippen LogP contribution < -0.4 is 14.8 Å². The molecular weight excluding hydrogens is 384 g/mol. The van der Waals surface area contributed by atoms with Gasteiger partial charge in [-0.2, -0.15) is 0 Å². The topological polar surface area (TPSA) is 114 Å². The lowest BCUT2D eigenvalue weighted by atomic mass is 9.93. The van der Waals surface area contributed by atoms with Crippen molar-refractivity contribution in [3.63, 3.8) is 0 Å². The summed E-state index contributed by atoms with van der Waals surface area (Å²) >= 11 is 0. The molecule has 1 amide bonds. The molecule has 1 aliphatic heterocycles. The first kappa shape index (κ1) is 20.8. The lowest BCUT2D eigenvalue weighted by Crippen LogP contribution is -2.49. The molecule has 1 saturated carbocycles. The zero-order valence-electron chi connectivity index (χ0n) is 15.7. The Labute approximate surface area is 165 Å². The normalized spacial score (nSPS) is 25.1. The smallest absolute Gasteiger partial charge is 0.241 e. The van der Waals surface area contributed by atoms with Gasteiger partial charge in [0, 0.05) is 12.1 Å². The highest BCUT2D eigenvalue weighted by Crippen LogP contribution is 2.22. The van der Waals surface area contributed by atoms with Crippen molar-refractivity contribution in [1.29, 1.82) is 0 Å². The fourth-order valence-corrected chi connectivity index (χ4v) is 4.40. The van der Waals surface area contributed by atoms with Gasteiger partial charge in [-0.05, 0) is 31.4 Å². The maximum atomic E-state index is 12.6. The van der Waals surface area contributed by atoms with Crippen LogP contribution in [-0.4, -0.2) is 57.4 Å². The summed E-state index contributed by atoms with van der Waals surface area (Å²) in [5.74, 6) is 0.320. The summed E-state index contributed by atoms with van der Waals surface area (Å²) < 4.78 is 38.6. The number of ether oxygens (including phenoxy) is 2. The Kier molecular flexibility index (Phi) is 6.71. The summed E-state index contributed by atoms with van der Waals surface area (Å²) in [5, 5.41) is 12.6. The van der Waals surface area contributed by atoms with Gasteiger partial charge in [0.05, 0.1) is 37.2 Å². The molecule has 1 aromatic rings. The molecule has 154 valence electrons. The summed E-state index contributed by atoms with van der Waals surface area (Å²) in [6, 6.07) is 5.61. The molecular formula is C19H26N2O6S. The van der Waals surface area contributed by atoms with Crippen LogP contribution in [0.3, 0.4) is 0 Å². The van der Waals surface area contributed by atoms with Crippen LogP contribution in [0.1, 0.15) is 25.7 Å². The monoisotopic (exact) mass is 410 g/mol. The molecule has 3 rings (SSSR count). The Bertz CT molecular complexity index is 821. The molecule has 0 radical (unpaired) electrons. The van der Waals surface area contributed by atoms with Crippen LogP contribution in [0, 0.1) is 0 Å². The summed E-state index contributed by atoms with van der Waals surface area (Å²) in [4.78, 5) is 12.1. The molecule has 0 bridgehead atoms. The van der Waals surface area contributed by atoms with Gasteiger partial charge in [-0.1, -0.05) is 18.2 Å². The first-order valence-corrected chi connectivity index (χ1v) is 10.8. The van der Waals surface area contributed by atoms with Crippen molar-refractivity contribution in [3.8, 4) is 5.75 Å². The number of carbonyl (C=O) groups excluding carboxylic acids is 1. The van der Waals surface area contributed by atoms with Gasteiger partial charge >= 0.3 is 0 Å². The van der Waals surface area contributed by atoms with Crippen molar-refractivity contribution in [2.75, 3.05) is 13.7 Å². The van der Waals surface area contributed by atoms with E-state index < -0.39 is 28.3 Å². The fraction of sp³-hybridized carbons (Fsp3) is 0.526. The predicted octanol–water partition coefficient (Wildman–Crippen LogP) is 0.717. The summed E-state index contributed by atoms with van der Waals surface area (Å²) in [5.41, 5.74) is 0. The predicted molar refractivity (Wildman–Crippen MR) is 102 cm³/mol. The van der Waals surface area contributed by atoms with Gasteiger partial charge in [-0.3, -0.25) is 4.79 Å². The van der Waals surface area contributed by atoms with Gasteiger partial charge in [0.1, 0.15) is 11.9 Å². The van der Waals surface area contributed by atoms with Crippen molar-refractivity contribution in [1.82, 2.24) is 10.0 Å². The van der Waals surface area contributed by atoms with Crippen LogP contribution in [0.2, 0.25) is 0 Å². The molecule has 8 nitrogen and oxygen atoms in total. The number of aliphatic hydroxyl groups excluding tert-OH is 1. The minimum atomic E-state index is -3.84. The van der Waals surface area contributed by atoms with Crippen molar-refractivity contribution in [3.05, 3.63) is 36.4 Å². The van der Waals surface area contributed by atoms with E-state index in [9.17, 15) is 18.3 Å². The highest BCUT2D eigenvalue weighted by atomic mass is 32.2. The van der Waals surface area contributed by atoms with Gasteiger partial charge in [-0.25, -0.2) is 13.1 Å². The van der Waals surface area contributed by atoms with E-state index in [1.165, 1.54) is 19.2 Å². The van der Waals surface area contributed by atoms with E-state index in [0.717, 1.165) is 19.3 Å². The second kappa shape index (κ2) is 9.04. The first-order chi connectivity index (χ1) is 13.4. The minimum Gasteiger partial charge on any atom is -0.497 e. The molecule has 2 aliphatic rings. The Balaban J connectivity index is 1.64. The molecule has 3 N–H and O–H groups in total. The van der Waals surface area contributed by atoms with Crippen molar-refractivity contribution in [2.45, 2.75) is 54.9 Å². The number of amides is 1. The first-order valence-electron chi connectivity index (χ1n) is 9.31. The Morgan fingerprint density at radius 3 is 2.75 bits per heavy atom. The number of carbonyl (C=O) groups is 1. The standard InChI is InChI=1S/C19H26N2O6S/c1-26-14-6-3-7-16(10-14)28(24,25)21-17-9-8-15(27-18(17)12-22)11-19(23)20-13-4-2-5-13/h3,6-10,13,15,17-18,21-22H,2,4-5,11-12H2,1H3,(H,20,23)/t15-,17-,18+/m1/s1. The van der Waals surface area contributed by atoms with Gasteiger partial charge < -0.3 is 19.9 Å². The second-order valence-electron chi connectivity index (χ2n) is 7.01. The molecule has 0 unspecified atom stereocenters. The van der Waals surface area contributed by atoms with Crippen LogP contribution in [0.25, 0.3) is 0 Å². The maximum Gasteiger partial charge on any atom is 0.241 e. The van der Waals surface area contributed by atoms with Crippen LogP contribution in [0.15, 0.2) is 41.3 Å². The Morgan fingerprint density at radius 1 is 1.32 bits per heavy atom. The summed E-state index contributed by atoms with van der Waals surface area (Å²) in [6.07, 6.45) is 5.27. The van der Waals surface area contributed by atoms with Crippen molar-refractivity contribution in [2.24, 2.45) is 0 Å². The number of nitrogens with one attached hydrogen (secondary N) is 2. The Morgan fingerprint density at radius 2 is 2.11 bits per heavy atom. The molecule has 1 heterocycles. The highest BCUT2D eigenvalue weighted by Gasteiger charge is 2.32. The molecule has 3 atom stereocenters. The fourth-order valence-electron chi connectivity index (χ4n) is 3.15. The highest BCUT2D eigenvalue weighted by molar-refractivity contribution is 7.89. The van der Waals surface area contributed by atoms with Crippen LogP contribution in [-0.2, 0) is 19.6 Å². The zero-order valence-corrected chi connectivity index (χ0v) is 16.5. The third kappa shape index (κ3) is 5.11.